The summed E-state index contributed by atoms with van der Waals surface area (Å²) in [5, 5.41) is 11.1. The van der Waals surface area contributed by atoms with E-state index >= 15 is 0 Å². The average molecular weight is 315 g/mol. The van der Waals surface area contributed by atoms with Crippen molar-refractivity contribution in [2.75, 3.05) is 5.32 Å². The van der Waals surface area contributed by atoms with Crippen LogP contribution in [-0.4, -0.2) is 26.2 Å². The number of nitrogens with zero attached hydrogens (tertiary/aromatic N) is 3. The van der Waals surface area contributed by atoms with Crippen molar-refractivity contribution in [1.29, 1.82) is 0 Å². The van der Waals surface area contributed by atoms with E-state index in [0.29, 0.717) is 11.3 Å². The molecule has 2 N–H and O–H groups in total. The van der Waals surface area contributed by atoms with Crippen molar-refractivity contribution in [1.82, 2.24) is 20.2 Å². The van der Waals surface area contributed by atoms with Crippen LogP contribution < -0.4 is 5.32 Å². The first-order valence-corrected chi connectivity index (χ1v) is 7.53. The summed E-state index contributed by atoms with van der Waals surface area (Å²) in [4.78, 5) is 7.98. The van der Waals surface area contributed by atoms with Gasteiger partial charge in [0.05, 0.1) is 11.7 Å². The molecule has 1 aliphatic carbocycles. The quantitative estimate of drug-likeness (QED) is 0.778. The molecule has 2 aromatic heterocycles. The molecule has 1 unspecified atom stereocenters. The lowest BCUT2D eigenvalue weighted by atomic mass is 9.93. The smallest absolute Gasteiger partial charge is 0.297 e. The van der Waals surface area contributed by atoms with Gasteiger partial charge in [0.25, 0.3) is 6.43 Å². The predicted octanol–water partition coefficient (Wildman–Crippen LogP) is 3.26. The maximum Gasteiger partial charge on any atom is 0.297 e. The molecule has 118 valence electrons. The lowest BCUT2D eigenvalue weighted by Crippen LogP contribution is -2.27. The molecular formula is C16H15F2N5. The number of halogens is 2. The molecule has 2 heterocycles. The Kier molecular flexibility index (Phi) is 3.40. The molecule has 0 spiro atoms. The number of anilines is 1. The molecule has 0 amide bonds. The van der Waals surface area contributed by atoms with Crippen molar-refractivity contribution in [2.45, 2.75) is 31.7 Å². The summed E-state index contributed by atoms with van der Waals surface area (Å²) in [5.41, 5.74) is 2.85. The molecule has 5 nitrogen and oxygen atoms in total. The number of benzene rings is 1. The van der Waals surface area contributed by atoms with Gasteiger partial charge in [0, 0.05) is 17.1 Å². The zero-order valence-electron chi connectivity index (χ0n) is 12.3. The van der Waals surface area contributed by atoms with Crippen molar-refractivity contribution in [2.24, 2.45) is 0 Å². The second kappa shape index (κ2) is 5.57. The SMILES string of the molecule is FC(F)c1nc(NC2CCc3[nH]ncc3C2)c2ccccc2n1. The molecule has 0 saturated carbocycles. The standard InChI is InChI=1S/C16H15F2N5/c17-14(18)16-21-13-4-2-1-3-11(13)15(22-16)20-10-5-6-12-9(7-10)8-19-23-12/h1-4,8,10,14H,5-7H2,(H,19,23)(H,20,21,22). The minimum Gasteiger partial charge on any atom is -0.366 e. The van der Waals surface area contributed by atoms with Crippen molar-refractivity contribution < 1.29 is 8.78 Å². The zero-order valence-corrected chi connectivity index (χ0v) is 12.3. The van der Waals surface area contributed by atoms with Crippen LogP contribution in [0.5, 0.6) is 0 Å². The van der Waals surface area contributed by atoms with Gasteiger partial charge in [0.15, 0.2) is 5.82 Å². The van der Waals surface area contributed by atoms with Gasteiger partial charge < -0.3 is 5.32 Å². The van der Waals surface area contributed by atoms with E-state index in [0.717, 1.165) is 30.3 Å². The number of aromatic amines is 1. The molecule has 0 radical (unpaired) electrons. The number of rotatable bonds is 3. The number of alkyl halides is 2. The van der Waals surface area contributed by atoms with Crippen LogP contribution in [0.2, 0.25) is 0 Å². The maximum absolute atomic E-state index is 13.0. The van der Waals surface area contributed by atoms with Gasteiger partial charge in [-0.25, -0.2) is 18.7 Å². The molecule has 4 rings (SSSR count). The van der Waals surface area contributed by atoms with Gasteiger partial charge in [0.1, 0.15) is 5.82 Å². The maximum atomic E-state index is 13.0. The Morgan fingerprint density at radius 3 is 2.96 bits per heavy atom. The minimum atomic E-state index is -2.69. The molecule has 1 atom stereocenters. The van der Waals surface area contributed by atoms with Gasteiger partial charge in [-0.3, -0.25) is 5.10 Å². The van der Waals surface area contributed by atoms with Crippen LogP contribution in [0.3, 0.4) is 0 Å². The van der Waals surface area contributed by atoms with Crippen LogP contribution in [-0.2, 0) is 12.8 Å². The number of H-pyrrole nitrogens is 1. The summed E-state index contributed by atoms with van der Waals surface area (Å²) in [5.74, 6) is 0.0360. The third kappa shape index (κ3) is 2.62. The normalized spacial score (nSPS) is 17.4. The Hall–Kier alpha value is -2.57. The molecule has 0 aliphatic heterocycles. The van der Waals surface area contributed by atoms with Crippen LogP contribution in [0.25, 0.3) is 10.9 Å². The highest BCUT2D eigenvalue weighted by Gasteiger charge is 2.22. The Bertz CT molecular complexity index is 845. The number of fused-ring (bicyclic) bond motifs is 2. The fourth-order valence-electron chi connectivity index (χ4n) is 3.04. The first-order chi connectivity index (χ1) is 11.2. The first-order valence-electron chi connectivity index (χ1n) is 7.53. The molecule has 7 heteroatoms. The van der Waals surface area contributed by atoms with E-state index in [2.05, 4.69) is 25.5 Å². The van der Waals surface area contributed by atoms with Crippen LogP contribution in [0.15, 0.2) is 30.5 Å². The van der Waals surface area contributed by atoms with Gasteiger partial charge in [-0.15, -0.1) is 0 Å². The Balaban J connectivity index is 1.68. The third-order valence-corrected chi connectivity index (χ3v) is 4.17. The summed E-state index contributed by atoms with van der Waals surface area (Å²) < 4.78 is 26.1. The summed E-state index contributed by atoms with van der Waals surface area (Å²) >= 11 is 0. The van der Waals surface area contributed by atoms with Gasteiger partial charge in [0.2, 0.25) is 0 Å². The zero-order chi connectivity index (χ0) is 15.8. The highest BCUT2D eigenvalue weighted by molar-refractivity contribution is 5.89. The third-order valence-electron chi connectivity index (χ3n) is 4.17. The van der Waals surface area contributed by atoms with E-state index < -0.39 is 12.2 Å². The molecule has 0 fully saturated rings. The molecule has 1 aromatic carbocycles. The fourth-order valence-corrected chi connectivity index (χ4v) is 3.04. The number of nitrogens with one attached hydrogen (secondary N) is 2. The van der Waals surface area contributed by atoms with Crippen molar-refractivity contribution >= 4 is 16.7 Å². The van der Waals surface area contributed by atoms with Crippen molar-refractivity contribution in [3.8, 4) is 0 Å². The van der Waals surface area contributed by atoms with E-state index in [1.165, 1.54) is 5.56 Å². The molecule has 23 heavy (non-hydrogen) atoms. The summed E-state index contributed by atoms with van der Waals surface area (Å²) in [6, 6.07) is 7.35. The topological polar surface area (TPSA) is 66.5 Å². The molecule has 3 aromatic rings. The fraction of sp³-hybridized carbons (Fsp3) is 0.312. The number of para-hydroxylation sites is 1. The summed E-state index contributed by atoms with van der Waals surface area (Å²) in [6.45, 7) is 0. The van der Waals surface area contributed by atoms with Crippen LogP contribution in [0, 0.1) is 0 Å². The van der Waals surface area contributed by atoms with Gasteiger partial charge >= 0.3 is 0 Å². The van der Waals surface area contributed by atoms with Crippen molar-refractivity contribution in [3.05, 3.63) is 47.5 Å². The van der Waals surface area contributed by atoms with E-state index in [9.17, 15) is 8.78 Å². The Morgan fingerprint density at radius 2 is 2.09 bits per heavy atom. The lowest BCUT2D eigenvalue weighted by Gasteiger charge is -2.24. The lowest BCUT2D eigenvalue weighted by molar-refractivity contribution is 0.141. The minimum absolute atomic E-state index is 0.143. The number of hydrogen-bond acceptors (Lipinski definition) is 4. The van der Waals surface area contributed by atoms with E-state index in [1.807, 2.05) is 18.3 Å². The number of aromatic nitrogens is 4. The van der Waals surface area contributed by atoms with Crippen LogP contribution >= 0.6 is 0 Å². The first kappa shape index (κ1) is 14.0. The summed E-state index contributed by atoms with van der Waals surface area (Å²) in [6.07, 6.45) is 1.72. The summed E-state index contributed by atoms with van der Waals surface area (Å²) in [7, 11) is 0. The predicted molar refractivity (Wildman–Crippen MR) is 82.5 cm³/mol. The van der Waals surface area contributed by atoms with Crippen LogP contribution in [0.1, 0.15) is 29.9 Å². The van der Waals surface area contributed by atoms with Gasteiger partial charge in [-0.05, 0) is 37.0 Å². The largest absolute Gasteiger partial charge is 0.366 e. The van der Waals surface area contributed by atoms with E-state index in [-0.39, 0.29) is 6.04 Å². The number of aryl methyl sites for hydroxylation is 1. The van der Waals surface area contributed by atoms with E-state index in [4.69, 9.17) is 0 Å². The Labute approximate surface area is 131 Å². The van der Waals surface area contributed by atoms with Crippen LogP contribution in [0.4, 0.5) is 14.6 Å². The highest BCUT2D eigenvalue weighted by Crippen LogP contribution is 2.27. The molecular weight excluding hydrogens is 300 g/mol. The van der Waals surface area contributed by atoms with E-state index in [1.54, 1.807) is 12.1 Å². The monoisotopic (exact) mass is 315 g/mol. The molecule has 0 bridgehead atoms. The Morgan fingerprint density at radius 1 is 1.22 bits per heavy atom. The highest BCUT2D eigenvalue weighted by atomic mass is 19.3. The number of hydrogen-bond donors (Lipinski definition) is 2. The van der Waals surface area contributed by atoms with Gasteiger partial charge in [-0.1, -0.05) is 12.1 Å². The molecule has 0 saturated heterocycles. The average Bonchev–Trinajstić information content (AvgIpc) is 3.02. The van der Waals surface area contributed by atoms with Gasteiger partial charge in [-0.2, -0.15) is 5.10 Å². The second-order valence-corrected chi connectivity index (χ2v) is 5.71. The van der Waals surface area contributed by atoms with Crippen molar-refractivity contribution in [3.63, 3.8) is 0 Å². The second-order valence-electron chi connectivity index (χ2n) is 5.71. The molecule has 1 aliphatic rings.